The first-order valence-electron chi connectivity index (χ1n) is 11.0. The van der Waals surface area contributed by atoms with Crippen molar-refractivity contribution in [3.63, 3.8) is 0 Å². The van der Waals surface area contributed by atoms with E-state index in [1.54, 1.807) is 30.1 Å². The lowest BCUT2D eigenvalue weighted by Crippen LogP contribution is -2.36. The van der Waals surface area contributed by atoms with Crippen LogP contribution < -0.4 is 14.5 Å². The predicted molar refractivity (Wildman–Crippen MR) is 133 cm³/mol. The van der Waals surface area contributed by atoms with Crippen molar-refractivity contribution in [2.75, 3.05) is 43.2 Å². The number of carbonyl (C=O) groups is 1. The standard InChI is InChI=1S/C25H24ClN5O3/c1-16(32)30(2)18-7-9-20(10-8-18)34-25-27-22-15-21(26)23(28-24(22)29-25)17-3-5-19(6-4-17)31-11-13-33-14-12-31/h3-10,15H,11-14H2,1-2H3,(H,27,28,29). The smallest absolute Gasteiger partial charge is 0.301 e. The van der Waals surface area contributed by atoms with E-state index in [0.717, 1.165) is 43.2 Å². The molecule has 0 unspecified atom stereocenters. The molecule has 1 N–H and O–H groups in total. The summed E-state index contributed by atoms with van der Waals surface area (Å²) in [5, 5.41) is 0.526. The maximum absolute atomic E-state index is 11.5. The van der Waals surface area contributed by atoms with Crippen LogP contribution in [-0.4, -0.2) is 54.2 Å². The zero-order valence-corrected chi connectivity index (χ0v) is 19.7. The van der Waals surface area contributed by atoms with Crippen molar-refractivity contribution in [2.45, 2.75) is 6.92 Å². The van der Waals surface area contributed by atoms with Crippen molar-refractivity contribution in [3.8, 4) is 23.0 Å². The summed E-state index contributed by atoms with van der Waals surface area (Å²) >= 11 is 6.56. The van der Waals surface area contributed by atoms with Gasteiger partial charge < -0.3 is 24.3 Å². The van der Waals surface area contributed by atoms with Gasteiger partial charge in [-0.1, -0.05) is 23.7 Å². The highest BCUT2D eigenvalue weighted by atomic mass is 35.5. The number of carbonyl (C=O) groups excluding carboxylic acids is 1. The van der Waals surface area contributed by atoms with Crippen LogP contribution in [0, 0.1) is 0 Å². The number of imidazole rings is 1. The van der Waals surface area contributed by atoms with Gasteiger partial charge in [0.1, 0.15) is 5.75 Å². The maximum Gasteiger partial charge on any atom is 0.301 e. The Balaban J connectivity index is 1.36. The Labute approximate surface area is 202 Å². The van der Waals surface area contributed by atoms with Gasteiger partial charge in [0.15, 0.2) is 5.65 Å². The van der Waals surface area contributed by atoms with Gasteiger partial charge in [-0.3, -0.25) is 4.79 Å². The molecule has 0 radical (unpaired) electrons. The number of amides is 1. The fourth-order valence-electron chi connectivity index (χ4n) is 3.83. The summed E-state index contributed by atoms with van der Waals surface area (Å²) in [5.74, 6) is 0.547. The van der Waals surface area contributed by atoms with Gasteiger partial charge in [-0.25, -0.2) is 4.98 Å². The van der Waals surface area contributed by atoms with Gasteiger partial charge in [0, 0.05) is 44.0 Å². The van der Waals surface area contributed by atoms with Crippen LogP contribution in [0.1, 0.15) is 6.92 Å². The van der Waals surface area contributed by atoms with Crippen LogP contribution in [0.3, 0.4) is 0 Å². The number of hydrogen-bond acceptors (Lipinski definition) is 6. The van der Waals surface area contributed by atoms with Crippen LogP contribution in [-0.2, 0) is 9.53 Å². The molecule has 5 rings (SSSR count). The van der Waals surface area contributed by atoms with Crippen molar-refractivity contribution in [1.29, 1.82) is 0 Å². The van der Waals surface area contributed by atoms with Crippen molar-refractivity contribution in [1.82, 2.24) is 15.0 Å². The number of aromatic amines is 1. The third-order valence-electron chi connectivity index (χ3n) is 5.83. The van der Waals surface area contributed by atoms with Crippen molar-refractivity contribution < 1.29 is 14.3 Å². The van der Waals surface area contributed by atoms with Crippen LogP contribution in [0.15, 0.2) is 54.6 Å². The van der Waals surface area contributed by atoms with E-state index in [9.17, 15) is 4.79 Å². The quantitative estimate of drug-likeness (QED) is 0.440. The van der Waals surface area contributed by atoms with Crippen LogP contribution in [0.4, 0.5) is 11.4 Å². The highest BCUT2D eigenvalue weighted by molar-refractivity contribution is 6.33. The van der Waals surface area contributed by atoms with Gasteiger partial charge in [-0.15, -0.1) is 0 Å². The molecule has 1 aliphatic heterocycles. The zero-order chi connectivity index (χ0) is 23.7. The summed E-state index contributed by atoms with van der Waals surface area (Å²) in [6.07, 6.45) is 0. The number of anilines is 2. The molecule has 0 saturated carbocycles. The first kappa shape index (κ1) is 22.2. The number of halogens is 1. The number of H-pyrrole nitrogens is 1. The highest BCUT2D eigenvalue weighted by Crippen LogP contribution is 2.32. The monoisotopic (exact) mass is 477 g/mol. The summed E-state index contributed by atoms with van der Waals surface area (Å²) in [6.45, 7) is 4.78. The van der Waals surface area contributed by atoms with Crippen LogP contribution in [0.5, 0.6) is 11.8 Å². The second-order valence-corrected chi connectivity index (χ2v) is 8.46. The molecule has 34 heavy (non-hydrogen) atoms. The molecule has 1 aliphatic rings. The Kier molecular flexibility index (Phi) is 6.08. The van der Waals surface area contributed by atoms with E-state index in [2.05, 4.69) is 32.0 Å². The fraction of sp³-hybridized carbons (Fsp3) is 0.240. The number of fused-ring (bicyclic) bond motifs is 1. The average Bonchev–Trinajstić information content (AvgIpc) is 3.25. The summed E-state index contributed by atoms with van der Waals surface area (Å²) in [6, 6.07) is 17.5. The lowest BCUT2D eigenvalue weighted by molar-refractivity contribution is -0.116. The fourth-order valence-corrected chi connectivity index (χ4v) is 4.09. The van der Waals surface area contributed by atoms with Crippen molar-refractivity contribution in [3.05, 3.63) is 59.6 Å². The lowest BCUT2D eigenvalue weighted by atomic mass is 10.1. The van der Waals surface area contributed by atoms with Crippen molar-refractivity contribution in [2.24, 2.45) is 0 Å². The number of nitrogens with one attached hydrogen (secondary N) is 1. The normalized spacial score (nSPS) is 13.8. The Morgan fingerprint density at radius 2 is 1.79 bits per heavy atom. The molecule has 0 spiro atoms. The van der Waals surface area contributed by atoms with Crippen LogP contribution in [0.25, 0.3) is 22.4 Å². The molecule has 9 heteroatoms. The number of rotatable bonds is 5. The minimum Gasteiger partial charge on any atom is -0.426 e. The maximum atomic E-state index is 11.5. The minimum absolute atomic E-state index is 0.0413. The number of hydrogen-bond donors (Lipinski definition) is 1. The van der Waals surface area contributed by atoms with Gasteiger partial charge >= 0.3 is 6.01 Å². The number of pyridine rings is 1. The molecule has 3 heterocycles. The largest absolute Gasteiger partial charge is 0.426 e. The average molecular weight is 478 g/mol. The lowest BCUT2D eigenvalue weighted by Gasteiger charge is -2.28. The van der Waals surface area contributed by atoms with E-state index in [1.807, 2.05) is 24.3 Å². The molecule has 0 atom stereocenters. The molecular formula is C25H24ClN5O3. The summed E-state index contributed by atoms with van der Waals surface area (Å²) in [4.78, 5) is 27.6. The third kappa shape index (κ3) is 4.55. The molecule has 0 aliphatic carbocycles. The molecular weight excluding hydrogens is 454 g/mol. The number of benzene rings is 2. The third-order valence-corrected chi connectivity index (χ3v) is 6.12. The summed E-state index contributed by atoms with van der Waals surface area (Å²) in [7, 11) is 1.72. The van der Waals surface area contributed by atoms with E-state index in [4.69, 9.17) is 21.1 Å². The zero-order valence-electron chi connectivity index (χ0n) is 18.9. The van der Waals surface area contributed by atoms with E-state index >= 15 is 0 Å². The molecule has 174 valence electrons. The Morgan fingerprint density at radius 1 is 1.09 bits per heavy atom. The molecule has 1 amide bonds. The minimum atomic E-state index is -0.0413. The molecule has 0 bridgehead atoms. The van der Waals surface area contributed by atoms with Gasteiger partial charge in [0.05, 0.1) is 29.4 Å². The van der Waals surface area contributed by atoms with Gasteiger partial charge in [-0.05, 0) is 42.5 Å². The van der Waals surface area contributed by atoms with E-state index in [1.165, 1.54) is 6.92 Å². The van der Waals surface area contributed by atoms with Crippen LogP contribution >= 0.6 is 11.6 Å². The topological polar surface area (TPSA) is 83.6 Å². The second kappa shape index (κ2) is 9.32. The van der Waals surface area contributed by atoms with E-state index in [0.29, 0.717) is 33.6 Å². The molecule has 1 fully saturated rings. The summed E-state index contributed by atoms with van der Waals surface area (Å²) < 4.78 is 11.3. The number of ether oxygens (including phenoxy) is 2. The molecule has 2 aromatic heterocycles. The van der Waals surface area contributed by atoms with Crippen LogP contribution in [0.2, 0.25) is 5.02 Å². The van der Waals surface area contributed by atoms with E-state index < -0.39 is 0 Å². The molecule has 1 saturated heterocycles. The SMILES string of the molecule is CC(=O)N(C)c1ccc(Oc2nc3nc(-c4ccc(N5CCOCC5)cc4)c(Cl)cc3[nH]2)cc1. The Bertz CT molecular complexity index is 1320. The van der Waals surface area contributed by atoms with Crippen molar-refractivity contribution >= 4 is 40.0 Å². The number of nitrogens with zero attached hydrogens (tertiary/aromatic N) is 4. The molecule has 8 nitrogen and oxygen atoms in total. The Morgan fingerprint density at radius 3 is 2.47 bits per heavy atom. The highest BCUT2D eigenvalue weighted by Gasteiger charge is 2.15. The number of aromatic nitrogens is 3. The first-order valence-corrected chi connectivity index (χ1v) is 11.4. The summed E-state index contributed by atoms with van der Waals surface area (Å²) in [5.41, 5.74) is 4.71. The number of morpholine rings is 1. The Hall–Kier alpha value is -3.62. The molecule has 4 aromatic rings. The molecule has 2 aromatic carbocycles. The predicted octanol–water partition coefficient (Wildman–Crippen LogP) is 4.89. The van der Waals surface area contributed by atoms with Gasteiger partial charge in [0.2, 0.25) is 5.91 Å². The first-order chi connectivity index (χ1) is 16.5. The second-order valence-electron chi connectivity index (χ2n) is 8.05. The van der Waals surface area contributed by atoms with Gasteiger partial charge in [0.25, 0.3) is 0 Å². The van der Waals surface area contributed by atoms with Gasteiger partial charge in [-0.2, -0.15) is 4.98 Å². The van der Waals surface area contributed by atoms with E-state index in [-0.39, 0.29) is 5.91 Å².